The number of benzene rings is 10. The lowest BCUT2D eigenvalue weighted by Crippen LogP contribution is -2.26. The Morgan fingerprint density at radius 2 is 0.859 bits per heavy atom. The molecule has 0 amide bonds. The Labute approximate surface area is 372 Å². The van der Waals surface area contributed by atoms with Crippen molar-refractivity contribution in [1.82, 2.24) is 0 Å². The van der Waals surface area contributed by atoms with E-state index in [1.54, 1.807) is 0 Å². The number of furan rings is 1. The maximum atomic E-state index is 7.37. The van der Waals surface area contributed by atoms with Gasteiger partial charge in [0.1, 0.15) is 5.58 Å². The lowest BCUT2D eigenvalue weighted by molar-refractivity contribution is 0.660. The van der Waals surface area contributed by atoms with Crippen LogP contribution in [0.3, 0.4) is 0 Å². The minimum atomic E-state index is -0.475. The molecule has 2 heteroatoms. The highest BCUT2D eigenvalue weighted by Gasteiger charge is 2.51. The molecule has 0 atom stereocenters. The zero-order valence-corrected chi connectivity index (χ0v) is 35.6. The van der Waals surface area contributed by atoms with E-state index in [4.69, 9.17) is 4.42 Å². The van der Waals surface area contributed by atoms with E-state index in [9.17, 15) is 0 Å². The van der Waals surface area contributed by atoms with E-state index >= 15 is 0 Å². The summed E-state index contributed by atoms with van der Waals surface area (Å²) in [7, 11) is 0. The maximum Gasteiger partial charge on any atom is 0.159 e. The molecule has 0 saturated carbocycles. The lowest BCUT2D eigenvalue weighted by Gasteiger charge is -2.32. The van der Waals surface area contributed by atoms with Gasteiger partial charge < -0.3 is 9.32 Å². The van der Waals surface area contributed by atoms with E-state index in [1.165, 1.54) is 77.5 Å². The molecule has 11 aromatic rings. The summed E-state index contributed by atoms with van der Waals surface area (Å²) in [6.07, 6.45) is 0. The van der Waals surface area contributed by atoms with E-state index in [2.05, 4.69) is 231 Å². The molecule has 0 bridgehead atoms. The van der Waals surface area contributed by atoms with Crippen molar-refractivity contribution in [3.8, 4) is 44.5 Å². The van der Waals surface area contributed by atoms with Crippen LogP contribution in [-0.4, -0.2) is 0 Å². The quantitative estimate of drug-likeness (QED) is 0.176. The van der Waals surface area contributed by atoms with Crippen LogP contribution < -0.4 is 4.90 Å². The molecule has 3 aliphatic carbocycles. The topological polar surface area (TPSA) is 16.4 Å². The molecule has 0 N–H and O–H groups in total. The summed E-state index contributed by atoms with van der Waals surface area (Å²) in [6, 6.07) is 78.8. The van der Waals surface area contributed by atoms with Crippen molar-refractivity contribution in [3.63, 3.8) is 0 Å². The first-order chi connectivity index (χ1) is 31.5. The van der Waals surface area contributed by atoms with Gasteiger partial charge in [-0.15, -0.1) is 0 Å². The maximum absolute atomic E-state index is 7.37. The normalized spacial score (nSPS) is 14.3. The fourth-order valence-corrected chi connectivity index (χ4v) is 12.1. The second kappa shape index (κ2) is 12.8. The van der Waals surface area contributed by atoms with Crippen LogP contribution in [0.25, 0.3) is 77.2 Å². The third-order valence-electron chi connectivity index (χ3n) is 14.9. The standard InChI is InChI=1S/C62H41NO/c1-61(2)51-26-12-8-21-43(51)47-33-31-40(36-55(47)61)63(57-30-16-25-49-58-42-20-7-6-19-39(42)35-50(60(58)64-59(49)57)38-17-4-3-5-18-38)41-32-34-48-46-24-11-15-29-54(46)62(56(48)37-41)52-27-13-9-22-44(52)45-23-10-14-28-53(45)62/h3-37H,1-2H3. The molecular weight excluding hydrogens is 775 g/mol. The van der Waals surface area contributed by atoms with Gasteiger partial charge in [-0.25, -0.2) is 0 Å². The Morgan fingerprint density at radius 3 is 1.52 bits per heavy atom. The number of anilines is 3. The molecule has 1 spiro atoms. The second-order valence-corrected chi connectivity index (χ2v) is 18.3. The highest BCUT2D eigenvalue weighted by molar-refractivity contribution is 6.24. The summed E-state index contributed by atoms with van der Waals surface area (Å²) in [4.78, 5) is 2.47. The van der Waals surface area contributed by atoms with E-state index in [0.717, 1.165) is 50.1 Å². The molecule has 3 aliphatic rings. The first-order valence-electron chi connectivity index (χ1n) is 22.4. The Bertz CT molecular complexity index is 3710. The molecule has 0 saturated heterocycles. The number of hydrogen-bond acceptors (Lipinski definition) is 2. The Kier molecular flexibility index (Phi) is 7.13. The summed E-state index contributed by atoms with van der Waals surface area (Å²) < 4.78 is 7.37. The van der Waals surface area contributed by atoms with Gasteiger partial charge in [0.2, 0.25) is 0 Å². The number of hydrogen-bond donors (Lipinski definition) is 0. The highest BCUT2D eigenvalue weighted by atomic mass is 16.3. The average Bonchev–Trinajstić information content (AvgIpc) is 4.05. The second-order valence-electron chi connectivity index (χ2n) is 18.3. The molecule has 14 rings (SSSR count). The van der Waals surface area contributed by atoms with Crippen LogP contribution in [0.1, 0.15) is 47.2 Å². The van der Waals surface area contributed by atoms with Crippen LogP contribution in [0.4, 0.5) is 17.1 Å². The van der Waals surface area contributed by atoms with Gasteiger partial charge in [0.15, 0.2) is 5.58 Å². The highest BCUT2D eigenvalue weighted by Crippen LogP contribution is 2.63. The molecular formula is C62H41NO. The molecule has 0 unspecified atom stereocenters. The molecule has 1 heterocycles. The van der Waals surface area contributed by atoms with Crippen LogP contribution in [-0.2, 0) is 10.8 Å². The van der Waals surface area contributed by atoms with Crippen molar-refractivity contribution >= 4 is 49.8 Å². The van der Waals surface area contributed by atoms with Crippen molar-refractivity contribution in [1.29, 1.82) is 0 Å². The van der Waals surface area contributed by atoms with Gasteiger partial charge in [-0.2, -0.15) is 0 Å². The minimum absolute atomic E-state index is 0.177. The van der Waals surface area contributed by atoms with Gasteiger partial charge in [-0.05, 0) is 119 Å². The first-order valence-corrected chi connectivity index (χ1v) is 22.4. The third kappa shape index (κ3) is 4.54. The van der Waals surface area contributed by atoms with Crippen molar-refractivity contribution in [2.75, 3.05) is 4.90 Å². The molecule has 300 valence electrons. The fourth-order valence-electron chi connectivity index (χ4n) is 12.1. The summed E-state index contributed by atoms with van der Waals surface area (Å²) in [5, 5.41) is 4.62. The molecule has 10 aromatic carbocycles. The zero-order chi connectivity index (χ0) is 42.3. The van der Waals surface area contributed by atoms with E-state index in [1.807, 2.05) is 0 Å². The van der Waals surface area contributed by atoms with Crippen molar-refractivity contribution in [3.05, 3.63) is 246 Å². The Hall–Kier alpha value is -7.94. The summed E-state index contributed by atoms with van der Waals surface area (Å²) >= 11 is 0. The Morgan fingerprint density at radius 1 is 0.359 bits per heavy atom. The van der Waals surface area contributed by atoms with Crippen molar-refractivity contribution < 1.29 is 4.42 Å². The van der Waals surface area contributed by atoms with Gasteiger partial charge >= 0.3 is 0 Å². The van der Waals surface area contributed by atoms with Gasteiger partial charge in [0.25, 0.3) is 0 Å². The largest absolute Gasteiger partial charge is 0.453 e. The number of para-hydroxylation sites is 1. The van der Waals surface area contributed by atoms with Crippen LogP contribution in [0.2, 0.25) is 0 Å². The minimum Gasteiger partial charge on any atom is -0.453 e. The van der Waals surface area contributed by atoms with Crippen molar-refractivity contribution in [2.24, 2.45) is 0 Å². The average molecular weight is 816 g/mol. The number of nitrogens with zero attached hydrogens (tertiary/aromatic N) is 1. The van der Waals surface area contributed by atoms with E-state index in [0.29, 0.717) is 0 Å². The van der Waals surface area contributed by atoms with Gasteiger partial charge in [0.05, 0.1) is 11.1 Å². The molecule has 0 aliphatic heterocycles. The zero-order valence-electron chi connectivity index (χ0n) is 35.6. The third-order valence-corrected chi connectivity index (χ3v) is 14.9. The van der Waals surface area contributed by atoms with E-state index < -0.39 is 5.41 Å². The first kappa shape index (κ1) is 35.6. The number of fused-ring (bicyclic) bond motifs is 18. The van der Waals surface area contributed by atoms with Crippen LogP contribution >= 0.6 is 0 Å². The SMILES string of the molecule is CC1(C)c2ccccc2-c2ccc(N(c3ccc4c(c3)C3(c5ccccc5-c5ccccc53)c3ccccc3-4)c3cccc4c3oc3c(-c5ccccc5)cc5ccccc5c34)cc21. The fraction of sp³-hybridized carbons (Fsp3) is 0.0645. The molecule has 1 aromatic heterocycles. The van der Waals surface area contributed by atoms with Crippen LogP contribution in [0.5, 0.6) is 0 Å². The predicted octanol–water partition coefficient (Wildman–Crippen LogP) is 16.5. The van der Waals surface area contributed by atoms with E-state index in [-0.39, 0.29) is 5.41 Å². The molecule has 2 nitrogen and oxygen atoms in total. The summed E-state index contributed by atoms with van der Waals surface area (Å²) in [5.41, 5.74) is 22.3. The predicted molar refractivity (Wildman–Crippen MR) is 265 cm³/mol. The van der Waals surface area contributed by atoms with Crippen LogP contribution in [0.15, 0.2) is 217 Å². The Balaban J connectivity index is 1.08. The number of rotatable bonds is 4. The smallest absolute Gasteiger partial charge is 0.159 e. The summed E-state index contributed by atoms with van der Waals surface area (Å²) in [5.74, 6) is 0. The molecule has 0 fully saturated rings. The lowest BCUT2D eigenvalue weighted by atomic mass is 9.70. The van der Waals surface area contributed by atoms with Crippen LogP contribution in [0, 0.1) is 0 Å². The van der Waals surface area contributed by atoms with Gasteiger partial charge in [-0.3, -0.25) is 0 Å². The molecule has 0 radical (unpaired) electrons. The molecule has 64 heavy (non-hydrogen) atoms. The monoisotopic (exact) mass is 815 g/mol. The summed E-state index contributed by atoms with van der Waals surface area (Å²) in [6.45, 7) is 4.74. The van der Waals surface area contributed by atoms with Gasteiger partial charge in [0, 0.05) is 33.1 Å². The van der Waals surface area contributed by atoms with Crippen molar-refractivity contribution in [2.45, 2.75) is 24.7 Å². The van der Waals surface area contributed by atoms with Gasteiger partial charge in [-0.1, -0.05) is 190 Å².